The van der Waals surface area contributed by atoms with Gasteiger partial charge < -0.3 is 10.4 Å². The first kappa shape index (κ1) is 15.9. The maximum absolute atomic E-state index is 11.6. The van der Waals surface area contributed by atoms with Gasteiger partial charge >= 0.3 is 5.97 Å². The number of carbonyl (C=O) groups excluding carboxylic acids is 1. The summed E-state index contributed by atoms with van der Waals surface area (Å²) in [5.74, 6) is 1.57. The Hall–Kier alpha value is -1.15. The molecule has 17 heavy (non-hydrogen) atoms. The number of thioether (sulfide) groups is 1. The van der Waals surface area contributed by atoms with Gasteiger partial charge in [-0.05, 0) is 19.8 Å². The molecule has 0 aliphatic rings. The third-order valence-corrected chi connectivity index (χ3v) is 3.80. The molecule has 5 heteroatoms. The van der Waals surface area contributed by atoms with Crippen molar-refractivity contribution in [2.45, 2.75) is 44.4 Å². The molecule has 4 nitrogen and oxygen atoms in total. The summed E-state index contributed by atoms with van der Waals surface area (Å²) >= 11 is 1.08. The fourth-order valence-electron chi connectivity index (χ4n) is 1.24. The highest BCUT2D eigenvalue weighted by Gasteiger charge is 2.25. The summed E-state index contributed by atoms with van der Waals surface area (Å²) in [5.41, 5.74) is -0.607. The van der Waals surface area contributed by atoms with Crippen molar-refractivity contribution in [1.29, 1.82) is 0 Å². The molecule has 0 aliphatic carbocycles. The fourth-order valence-corrected chi connectivity index (χ4v) is 1.86. The maximum Gasteiger partial charge on any atom is 0.316 e. The van der Waals surface area contributed by atoms with E-state index < -0.39 is 16.8 Å². The number of amides is 1. The van der Waals surface area contributed by atoms with Crippen LogP contribution in [0.2, 0.25) is 0 Å². The van der Waals surface area contributed by atoms with E-state index >= 15 is 0 Å². The van der Waals surface area contributed by atoms with Gasteiger partial charge in [-0.25, -0.2) is 0 Å². The normalized spacial score (nSPS) is 12.6. The predicted octanol–water partition coefficient (Wildman–Crippen LogP) is 1.50. The molecule has 1 atom stereocenters. The number of hydrogen-bond acceptors (Lipinski definition) is 3. The van der Waals surface area contributed by atoms with Crippen LogP contribution in [0.1, 0.15) is 33.6 Å². The molecule has 1 amide bonds. The Balaban J connectivity index is 4.27. The van der Waals surface area contributed by atoms with Crippen LogP contribution in [0.3, 0.4) is 0 Å². The zero-order chi connectivity index (χ0) is 13.5. The summed E-state index contributed by atoms with van der Waals surface area (Å²) < 4.78 is 0. The molecule has 0 spiro atoms. The van der Waals surface area contributed by atoms with E-state index in [1.165, 1.54) is 0 Å². The predicted molar refractivity (Wildman–Crippen MR) is 69.8 cm³/mol. The molecule has 0 aromatic heterocycles. The summed E-state index contributed by atoms with van der Waals surface area (Å²) in [5, 5.41) is 10.9. The Labute approximate surface area is 107 Å². The van der Waals surface area contributed by atoms with E-state index in [1.807, 2.05) is 13.8 Å². The Morgan fingerprint density at radius 3 is 2.35 bits per heavy atom. The topological polar surface area (TPSA) is 66.4 Å². The van der Waals surface area contributed by atoms with Crippen molar-refractivity contribution < 1.29 is 14.7 Å². The molecule has 0 radical (unpaired) electrons. The molecule has 0 bridgehead atoms. The van der Waals surface area contributed by atoms with E-state index in [9.17, 15) is 9.59 Å². The summed E-state index contributed by atoms with van der Waals surface area (Å²) in [6, 6.07) is 0. The minimum atomic E-state index is -0.919. The van der Waals surface area contributed by atoms with Crippen LogP contribution in [0, 0.1) is 12.3 Å². The van der Waals surface area contributed by atoms with Crippen LogP contribution in [0.4, 0.5) is 0 Å². The van der Waals surface area contributed by atoms with Gasteiger partial charge in [0, 0.05) is 0 Å². The largest absolute Gasteiger partial charge is 0.480 e. The summed E-state index contributed by atoms with van der Waals surface area (Å²) in [6.07, 6.45) is 6.73. The molecule has 0 saturated heterocycles. The van der Waals surface area contributed by atoms with Gasteiger partial charge in [0.25, 0.3) is 0 Å². The number of terminal acetylenes is 1. The number of hydrogen-bond donors (Lipinski definition) is 2. The first-order valence-corrected chi connectivity index (χ1v) is 6.58. The number of carboxylic acids is 1. The second-order valence-electron chi connectivity index (χ2n) is 3.77. The monoisotopic (exact) mass is 257 g/mol. The van der Waals surface area contributed by atoms with Crippen LogP contribution in [0.25, 0.3) is 0 Å². The Morgan fingerprint density at radius 2 is 2.00 bits per heavy atom. The number of carbonyl (C=O) groups is 2. The molecule has 1 unspecified atom stereocenters. The quantitative estimate of drug-likeness (QED) is 0.678. The summed E-state index contributed by atoms with van der Waals surface area (Å²) in [4.78, 5) is 22.2. The maximum atomic E-state index is 11.6. The minimum Gasteiger partial charge on any atom is -0.480 e. The van der Waals surface area contributed by atoms with Gasteiger partial charge in [-0.15, -0.1) is 18.2 Å². The average Bonchev–Trinajstić information content (AvgIpc) is 2.33. The third-order valence-electron chi connectivity index (χ3n) is 2.67. The number of nitrogens with one attached hydrogen (secondary N) is 1. The zero-order valence-electron chi connectivity index (χ0n) is 10.4. The van der Waals surface area contributed by atoms with Crippen LogP contribution >= 0.6 is 11.8 Å². The SMILES string of the molecule is C#CC(CC)(CC)NC(=O)CSC(C)C(=O)O. The molecular formula is C12H19NO3S. The Kier molecular flexibility index (Phi) is 6.74. The molecule has 0 aromatic rings. The van der Waals surface area contributed by atoms with E-state index in [0.717, 1.165) is 11.8 Å². The molecule has 2 N–H and O–H groups in total. The molecular weight excluding hydrogens is 238 g/mol. The van der Waals surface area contributed by atoms with E-state index in [0.29, 0.717) is 12.8 Å². The Bertz CT molecular complexity index is 318. The first-order valence-electron chi connectivity index (χ1n) is 5.54. The van der Waals surface area contributed by atoms with Gasteiger partial charge in [0.05, 0.1) is 11.0 Å². The molecule has 0 saturated carbocycles. The standard InChI is InChI=1S/C12H19NO3S/c1-5-12(6-2,7-3)13-10(14)8-17-9(4)11(15)16/h1,9H,6-8H2,2-4H3,(H,13,14)(H,15,16). The van der Waals surface area contributed by atoms with Gasteiger partial charge in [0.15, 0.2) is 0 Å². The highest BCUT2D eigenvalue weighted by atomic mass is 32.2. The van der Waals surface area contributed by atoms with Gasteiger partial charge in [-0.3, -0.25) is 9.59 Å². The summed E-state index contributed by atoms with van der Waals surface area (Å²) in [6.45, 7) is 5.38. The molecule has 0 aromatic carbocycles. The lowest BCUT2D eigenvalue weighted by atomic mass is 9.94. The van der Waals surface area contributed by atoms with E-state index in [-0.39, 0.29) is 11.7 Å². The average molecular weight is 257 g/mol. The third kappa shape index (κ3) is 5.14. The van der Waals surface area contributed by atoms with Gasteiger partial charge in [0.2, 0.25) is 5.91 Å². The minimum absolute atomic E-state index is 0.108. The number of carboxylic acid groups (broad SMARTS) is 1. The van der Waals surface area contributed by atoms with Crippen molar-refractivity contribution in [2.75, 3.05) is 5.75 Å². The van der Waals surface area contributed by atoms with Crippen molar-refractivity contribution in [1.82, 2.24) is 5.32 Å². The second-order valence-corrected chi connectivity index (χ2v) is 5.10. The molecule has 0 fully saturated rings. The zero-order valence-corrected chi connectivity index (χ0v) is 11.3. The molecule has 0 aliphatic heterocycles. The first-order chi connectivity index (χ1) is 7.90. The van der Waals surface area contributed by atoms with Crippen LogP contribution in [0.15, 0.2) is 0 Å². The lowest BCUT2D eigenvalue weighted by Gasteiger charge is -2.27. The fraction of sp³-hybridized carbons (Fsp3) is 0.667. The number of aliphatic carboxylic acids is 1. The van der Waals surface area contributed by atoms with Crippen LogP contribution in [-0.4, -0.2) is 33.5 Å². The molecule has 96 valence electrons. The van der Waals surface area contributed by atoms with E-state index in [2.05, 4.69) is 11.2 Å². The molecule has 0 rings (SSSR count). The molecule has 0 heterocycles. The van der Waals surface area contributed by atoms with Gasteiger partial charge in [-0.1, -0.05) is 19.8 Å². The van der Waals surface area contributed by atoms with Crippen molar-refractivity contribution in [2.24, 2.45) is 0 Å². The summed E-state index contributed by atoms with van der Waals surface area (Å²) in [7, 11) is 0. The van der Waals surface area contributed by atoms with Crippen LogP contribution < -0.4 is 5.32 Å². The van der Waals surface area contributed by atoms with Gasteiger partial charge in [-0.2, -0.15) is 0 Å². The lowest BCUT2D eigenvalue weighted by molar-refractivity contribution is -0.136. The van der Waals surface area contributed by atoms with Crippen molar-refractivity contribution >= 4 is 23.6 Å². The van der Waals surface area contributed by atoms with Crippen LogP contribution in [-0.2, 0) is 9.59 Å². The Morgan fingerprint density at radius 1 is 1.47 bits per heavy atom. The van der Waals surface area contributed by atoms with E-state index in [4.69, 9.17) is 11.5 Å². The lowest BCUT2D eigenvalue weighted by Crippen LogP contribution is -2.47. The van der Waals surface area contributed by atoms with E-state index in [1.54, 1.807) is 6.92 Å². The number of rotatable bonds is 7. The van der Waals surface area contributed by atoms with Crippen molar-refractivity contribution in [3.8, 4) is 12.3 Å². The highest BCUT2D eigenvalue weighted by molar-refractivity contribution is 8.01. The van der Waals surface area contributed by atoms with Crippen LogP contribution in [0.5, 0.6) is 0 Å². The second kappa shape index (κ2) is 7.23. The van der Waals surface area contributed by atoms with Gasteiger partial charge in [0.1, 0.15) is 5.54 Å². The van der Waals surface area contributed by atoms with Crippen molar-refractivity contribution in [3.05, 3.63) is 0 Å². The van der Waals surface area contributed by atoms with Crippen molar-refractivity contribution in [3.63, 3.8) is 0 Å². The smallest absolute Gasteiger partial charge is 0.316 e. The highest BCUT2D eigenvalue weighted by Crippen LogP contribution is 2.15.